The van der Waals surface area contributed by atoms with Crippen LogP contribution in [0.2, 0.25) is 0 Å². The van der Waals surface area contributed by atoms with Crippen molar-refractivity contribution in [2.45, 2.75) is 6.92 Å². The van der Waals surface area contributed by atoms with Crippen LogP contribution in [0.4, 0.5) is 0 Å². The van der Waals surface area contributed by atoms with Crippen LogP contribution in [0.15, 0.2) is 56.1 Å². The number of amides is 1. The van der Waals surface area contributed by atoms with Gasteiger partial charge in [0, 0.05) is 0 Å². The van der Waals surface area contributed by atoms with Crippen molar-refractivity contribution < 1.29 is 14.3 Å². The first kappa shape index (κ1) is 15.0. The Hall–Kier alpha value is -2.93. The van der Waals surface area contributed by atoms with Gasteiger partial charge in [0.05, 0.1) is 16.0 Å². The average molecular weight is 328 g/mol. The zero-order chi connectivity index (χ0) is 16.4. The molecule has 0 aliphatic heterocycles. The van der Waals surface area contributed by atoms with E-state index in [2.05, 4.69) is 10.5 Å². The van der Waals surface area contributed by atoms with Gasteiger partial charge in [0.2, 0.25) is 0 Å². The van der Waals surface area contributed by atoms with E-state index < -0.39 is 5.63 Å². The third kappa shape index (κ3) is 2.86. The Morgan fingerprint density at radius 2 is 2.04 bits per heavy atom. The van der Waals surface area contributed by atoms with Gasteiger partial charge in [0.15, 0.2) is 0 Å². The predicted molar refractivity (Wildman–Crippen MR) is 88.1 cm³/mol. The van der Waals surface area contributed by atoms with Crippen molar-refractivity contribution in [2.75, 3.05) is 0 Å². The molecular formula is C16H12N2O4S. The molecule has 2 aromatic heterocycles. The summed E-state index contributed by atoms with van der Waals surface area (Å²) in [5, 5.41) is 16.4. The first-order valence-corrected chi connectivity index (χ1v) is 7.59. The molecule has 3 rings (SSSR count). The highest BCUT2D eigenvalue weighted by Crippen LogP contribution is 2.26. The lowest BCUT2D eigenvalue weighted by Crippen LogP contribution is -2.21. The van der Waals surface area contributed by atoms with Crippen molar-refractivity contribution in [1.82, 2.24) is 5.43 Å². The van der Waals surface area contributed by atoms with Crippen LogP contribution in [0.5, 0.6) is 5.75 Å². The summed E-state index contributed by atoms with van der Waals surface area (Å²) in [5.41, 5.74) is 2.01. The summed E-state index contributed by atoms with van der Waals surface area (Å²) in [5.74, 6) is -0.604. The van der Waals surface area contributed by atoms with Crippen LogP contribution in [0.3, 0.4) is 0 Å². The van der Waals surface area contributed by atoms with Crippen LogP contribution in [0, 0.1) is 0 Å². The van der Waals surface area contributed by atoms with Gasteiger partial charge in [-0.3, -0.25) is 4.79 Å². The number of carbonyl (C=O) groups excluding carboxylic acids is 1. The zero-order valence-corrected chi connectivity index (χ0v) is 12.9. The van der Waals surface area contributed by atoms with Gasteiger partial charge in [-0.05, 0) is 30.5 Å². The summed E-state index contributed by atoms with van der Waals surface area (Å²) in [7, 11) is 0. The zero-order valence-electron chi connectivity index (χ0n) is 12.1. The van der Waals surface area contributed by atoms with Crippen LogP contribution < -0.4 is 11.1 Å². The maximum atomic E-state index is 12.1. The molecule has 116 valence electrons. The topological polar surface area (TPSA) is 91.9 Å². The fourth-order valence-corrected chi connectivity index (χ4v) is 2.72. The highest BCUT2D eigenvalue weighted by Gasteiger charge is 2.16. The number of rotatable bonds is 3. The number of thiophene rings is 1. The maximum absolute atomic E-state index is 12.1. The fraction of sp³-hybridized carbons (Fsp3) is 0.0625. The minimum Gasteiger partial charge on any atom is -0.506 e. The number of aromatic hydroxyl groups is 1. The number of nitrogens with one attached hydrogen (secondary N) is 1. The maximum Gasteiger partial charge on any atom is 0.349 e. The number of fused-ring (bicyclic) bond motifs is 1. The highest BCUT2D eigenvalue weighted by molar-refractivity contribution is 7.12. The summed E-state index contributed by atoms with van der Waals surface area (Å²) in [6.07, 6.45) is 0. The summed E-state index contributed by atoms with van der Waals surface area (Å²) in [4.78, 5) is 24.4. The summed E-state index contributed by atoms with van der Waals surface area (Å²) >= 11 is 1.28. The van der Waals surface area contributed by atoms with Gasteiger partial charge in [0.25, 0.3) is 5.91 Å². The van der Waals surface area contributed by atoms with Crippen molar-refractivity contribution in [2.24, 2.45) is 5.10 Å². The van der Waals surface area contributed by atoms with E-state index in [0.29, 0.717) is 10.3 Å². The second-order valence-corrected chi connectivity index (χ2v) is 5.67. The van der Waals surface area contributed by atoms with Crippen LogP contribution >= 0.6 is 11.3 Å². The first-order valence-electron chi connectivity index (χ1n) is 6.71. The largest absolute Gasteiger partial charge is 0.506 e. The molecule has 1 amide bonds. The van der Waals surface area contributed by atoms with E-state index in [9.17, 15) is 14.7 Å². The molecule has 0 aliphatic carbocycles. The van der Waals surface area contributed by atoms with Gasteiger partial charge in [-0.15, -0.1) is 11.3 Å². The number of hydrazone groups is 1. The van der Waals surface area contributed by atoms with E-state index >= 15 is 0 Å². The van der Waals surface area contributed by atoms with Crippen molar-refractivity contribution in [3.8, 4) is 5.75 Å². The average Bonchev–Trinajstić information content (AvgIpc) is 3.07. The van der Waals surface area contributed by atoms with Crippen LogP contribution in [0.1, 0.15) is 22.2 Å². The molecule has 0 radical (unpaired) electrons. The lowest BCUT2D eigenvalue weighted by Gasteiger charge is -2.06. The second kappa shape index (κ2) is 6.05. The van der Waals surface area contributed by atoms with Crippen LogP contribution in [0.25, 0.3) is 11.0 Å². The van der Waals surface area contributed by atoms with E-state index in [1.807, 2.05) is 0 Å². The number of hydrogen-bond acceptors (Lipinski definition) is 6. The molecule has 1 aromatic carbocycles. The number of carbonyl (C=O) groups is 1. The molecule has 0 fully saturated rings. The van der Waals surface area contributed by atoms with E-state index in [1.54, 1.807) is 41.8 Å². The summed E-state index contributed by atoms with van der Waals surface area (Å²) in [6, 6.07) is 10.1. The minimum absolute atomic E-state index is 0.0739. The van der Waals surface area contributed by atoms with Gasteiger partial charge < -0.3 is 9.52 Å². The minimum atomic E-state index is -0.715. The van der Waals surface area contributed by atoms with Gasteiger partial charge in [-0.1, -0.05) is 18.2 Å². The predicted octanol–water partition coefficient (Wildman–Crippen LogP) is 2.71. The Morgan fingerprint density at radius 3 is 2.78 bits per heavy atom. The molecule has 0 atom stereocenters. The lowest BCUT2D eigenvalue weighted by molar-refractivity contribution is 0.0959. The monoisotopic (exact) mass is 328 g/mol. The Kier molecular flexibility index (Phi) is 3.94. The number of benzene rings is 1. The number of hydrogen-bond donors (Lipinski definition) is 2. The molecule has 2 heterocycles. The molecule has 6 nitrogen and oxygen atoms in total. The first-order chi connectivity index (χ1) is 11.1. The summed E-state index contributed by atoms with van der Waals surface area (Å²) in [6.45, 7) is 1.51. The van der Waals surface area contributed by atoms with Crippen LogP contribution in [-0.2, 0) is 0 Å². The van der Waals surface area contributed by atoms with E-state index in [0.717, 1.165) is 0 Å². The Bertz CT molecular complexity index is 958. The Balaban J connectivity index is 1.97. The molecule has 7 heteroatoms. The second-order valence-electron chi connectivity index (χ2n) is 4.72. The SMILES string of the molecule is C/C(=N\NC(=O)c1cccs1)c1c(O)c2ccccc2oc1=O. The van der Waals surface area contributed by atoms with E-state index in [4.69, 9.17) is 4.42 Å². The molecule has 0 saturated heterocycles. The molecule has 2 N–H and O–H groups in total. The van der Waals surface area contributed by atoms with E-state index in [1.165, 1.54) is 18.3 Å². The molecule has 0 bridgehead atoms. The van der Waals surface area contributed by atoms with Gasteiger partial charge in [-0.2, -0.15) is 5.10 Å². The molecular weight excluding hydrogens is 316 g/mol. The van der Waals surface area contributed by atoms with Crippen LogP contribution in [-0.4, -0.2) is 16.7 Å². The third-order valence-electron chi connectivity index (χ3n) is 3.22. The number of nitrogens with zero attached hydrogens (tertiary/aromatic N) is 1. The smallest absolute Gasteiger partial charge is 0.349 e. The van der Waals surface area contributed by atoms with Gasteiger partial charge in [-0.25, -0.2) is 10.2 Å². The molecule has 3 aromatic rings. The van der Waals surface area contributed by atoms with Gasteiger partial charge >= 0.3 is 5.63 Å². The summed E-state index contributed by atoms with van der Waals surface area (Å²) < 4.78 is 5.17. The van der Waals surface area contributed by atoms with Crippen molar-refractivity contribution in [3.05, 3.63) is 62.6 Å². The van der Waals surface area contributed by atoms with Gasteiger partial charge in [0.1, 0.15) is 16.9 Å². The molecule has 0 unspecified atom stereocenters. The van der Waals surface area contributed by atoms with Crippen molar-refractivity contribution in [1.29, 1.82) is 0 Å². The number of para-hydroxylation sites is 1. The van der Waals surface area contributed by atoms with Crippen molar-refractivity contribution in [3.63, 3.8) is 0 Å². The molecule has 23 heavy (non-hydrogen) atoms. The Labute approximate surface area is 134 Å². The Morgan fingerprint density at radius 1 is 1.26 bits per heavy atom. The van der Waals surface area contributed by atoms with Crippen molar-refractivity contribution >= 4 is 33.9 Å². The third-order valence-corrected chi connectivity index (χ3v) is 4.09. The normalized spacial score (nSPS) is 11.6. The quantitative estimate of drug-likeness (QED) is 0.439. The van der Waals surface area contributed by atoms with E-state index in [-0.39, 0.29) is 28.5 Å². The lowest BCUT2D eigenvalue weighted by atomic mass is 10.1. The molecule has 0 spiro atoms. The fourth-order valence-electron chi connectivity index (χ4n) is 2.11. The molecule has 0 aliphatic rings. The highest BCUT2D eigenvalue weighted by atomic mass is 32.1. The molecule has 0 saturated carbocycles. The standard InChI is InChI=1S/C16H12N2O4S/c1-9(17-18-15(20)12-7-4-8-23-12)13-14(19)10-5-2-3-6-11(10)22-16(13)21/h2-8,19H,1H3,(H,18,20)/b17-9+.